The average molecular weight is 213 g/mol. The molecule has 1 aliphatic carbocycles. The Morgan fingerprint density at radius 2 is 2.00 bits per heavy atom. The number of carbonyl (C=O) groups is 2. The van der Waals surface area contributed by atoms with Crippen molar-refractivity contribution < 1.29 is 14.7 Å². The van der Waals surface area contributed by atoms with Gasteiger partial charge in [-0.05, 0) is 32.1 Å². The lowest BCUT2D eigenvalue weighted by atomic mass is 9.81. The Balaban J connectivity index is 2.69. The van der Waals surface area contributed by atoms with Crippen LogP contribution in [0, 0.1) is 11.3 Å². The third-order valence-electron chi connectivity index (χ3n) is 2.70. The van der Waals surface area contributed by atoms with Crippen molar-refractivity contribution in [3.05, 3.63) is 0 Å². The van der Waals surface area contributed by atoms with Gasteiger partial charge >= 0.3 is 5.97 Å². The highest BCUT2D eigenvalue weighted by atomic mass is 16.4. The van der Waals surface area contributed by atoms with Crippen molar-refractivity contribution >= 4 is 11.9 Å². The molecule has 0 radical (unpaired) electrons. The summed E-state index contributed by atoms with van der Waals surface area (Å²) in [5.74, 6) is -1.18. The van der Waals surface area contributed by atoms with E-state index in [4.69, 9.17) is 5.11 Å². The molecule has 0 aromatic rings. The summed E-state index contributed by atoms with van der Waals surface area (Å²) in [4.78, 5) is 22.9. The molecule has 1 atom stereocenters. The van der Waals surface area contributed by atoms with Crippen LogP contribution in [-0.4, -0.2) is 23.0 Å². The Morgan fingerprint density at radius 3 is 2.33 bits per heavy atom. The topological polar surface area (TPSA) is 66.4 Å². The lowest BCUT2D eigenvalue weighted by molar-refractivity contribution is -0.155. The van der Waals surface area contributed by atoms with Gasteiger partial charge in [-0.3, -0.25) is 9.59 Å². The van der Waals surface area contributed by atoms with Crippen LogP contribution in [0.2, 0.25) is 0 Å². The van der Waals surface area contributed by atoms with Crippen molar-refractivity contribution in [3.63, 3.8) is 0 Å². The average Bonchev–Trinajstić information content (AvgIpc) is 2.86. The smallest absolute Gasteiger partial charge is 0.318 e. The number of amides is 1. The van der Waals surface area contributed by atoms with E-state index in [0.29, 0.717) is 6.42 Å². The van der Waals surface area contributed by atoms with Gasteiger partial charge in [-0.15, -0.1) is 0 Å². The second-order valence-electron chi connectivity index (χ2n) is 4.98. The van der Waals surface area contributed by atoms with E-state index < -0.39 is 11.4 Å². The number of hydrogen-bond acceptors (Lipinski definition) is 2. The number of nitrogens with one attached hydrogen (secondary N) is 1. The lowest BCUT2D eigenvalue weighted by Gasteiger charge is -2.25. The zero-order chi connectivity index (χ0) is 11.6. The fourth-order valence-electron chi connectivity index (χ4n) is 1.67. The van der Waals surface area contributed by atoms with Gasteiger partial charge in [0.05, 0.1) is 0 Å². The SMILES string of the molecule is CC(C)CC(C)(C(=O)O)C(=O)NC1CC1. The minimum atomic E-state index is -1.28. The van der Waals surface area contributed by atoms with E-state index in [-0.39, 0.29) is 17.9 Å². The molecule has 86 valence electrons. The summed E-state index contributed by atoms with van der Waals surface area (Å²) >= 11 is 0. The van der Waals surface area contributed by atoms with Gasteiger partial charge in [0, 0.05) is 6.04 Å². The van der Waals surface area contributed by atoms with Crippen molar-refractivity contribution in [2.45, 2.75) is 46.1 Å². The molecule has 15 heavy (non-hydrogen) atoms. The highest BCUT2D eigenvalue weighted by Gasteiger charge is 2.43. The van der Waals surface area contributed by atoms with Crippen LogP contribution < -0.4 is 5.32 Å². The second kappa shape index (κ2) is 4.21. The van der Waals surface area contributed by atoms with Gasteiger partial charge in [0.25, 0.3) is 0 Å². The first kappa shape index (κ1) is 12.0. The Hall–Kier alpha value is -1.06. The number of carbonyl (C=O) groups excluding carboxylic acids is 1. The summed E-state index contributed by atoms with van der Waals surface area (Å²) in [5, 5.41) is 11.9. The number of rotatable bonds is 5. The molecule has 1 rings (SSSR count). The number of carboxylic acids is 1. The van der Waals surface area contributed by atoms with Gasteiger partial charge in [0.2, 0.25) is 5.91 Å². The van der Waals surface area contributed by atoms with Crippen LogP contribution in [0.5, 0.6) is 0 Å². The fraction of sp³-hybridized carbons (Fsp3) is 0.818. The minimum Gasteiger partial charge on any atom is -0.480 e. The maximum absolute atomic E-state index is 11.8. The Labute approximate surface area is 90.0 Å². The van der Waals surface area contributed by atoms with Crippen molar-refractivity contribution in [2.75, 3.05) is 0 Å². The molecule has 0 saturated heterocycles. The summed E-state index contributed by atoms with van der Waals surface area (Å²) in [6.07, 6.45) is 2.33. The Morgan fingerprint density at radius 1 is 1.47 bits per heavy atom. The molecule has 4 nitrogen and oxygen atoms in total. The van der Waals surface area contributed by atoms with E-state index in [1.165, 1.54) is 6.92 Å². The first-order chi connectivity index (χ1) is 6.86. The van der Waals surface area contributed by atoms with Crippen molar-refractivity contribution in [3.8, 4) is 0 Å². The molecule has 2 N–H and O–H groups in total. The zero-order valence-electron chi connectivity index (χ0n) is 9.54. The molecule has 4 heteroatoms. The van der Waals surface area contributed by atoms with E-state index in [0.717, 1.165) is 12.8 Å². The van der Waals surface area contributed by atoms with E-state index in [1.807, 2.05) is 13.8 Å². The number of hydrogen-bond donors (Lipinski definition) is 2. The maximum atomic E-state index is 11.8. The molecule has 1 aliphatic rings. The molecule has 0 heterocycles. The predicted octanol–water partition coefficient (Wildman–Crippen LogP) is 1.40. The van der Waals surface area contributed by atoms with Gasteiger partial charge in [-0.1, -0.05) is 13.8 Å². The molecule has 0 aliphatic heterocycles. The maximum Gasteiger partial charge on any atom is 0.318 e. The minimum absolute atomic E-state index is 0.191. The molecule has 0 aromatic carbocycles. The molecule has 1 amide bonds. The first-order valence-electron chi connectivity index (χ1n) is 5.40. The normalized spacial score (nSPS) is 19.7. The quantitative estimate of drug-likeness (QED) is 0.678. The Kier molecular flexibility index (Phi) is 3.37. The standard InChI is InChI=1S/C11H19NO3/c1-7(2)6-11(3,10(14)15)9(13)12-8-4-5-8/h7-8H,4-6H2,1-3H3,(H,12,13)(H,14,15). The first-order valence-corrected chi connectivity index (χ1v) is 5.40. The Bertz CT molecular complexity index is 271. The van der Waals surface area contributed by atoms with Crippen molar-refractivity contribution in [1.82, 2.24) is 5.32 Å². The van der Waals surface area contributed by atoms with E-state index >= 15 is 0 Å². The van der Waals surface area contributed by atoms with E-state index in [1.54, 1.807) is 0 Å². The fourth-order valence-corrected chi connectivity index (χ4v) is 1.67. The van der Waals surface area contributed by atoms with Crippen LogP contribution in [0.3, 0.4) is 0 Å². The van der Waals surface area contributed by atoms with E-state index in [9.17, 15) is 9.59 Å². The van der Waals surface area contributed by atoms with Gasteiger partial charge < -0.3 is 10.4 Å². The third kappa shape index (κ3) is 2.94. The number of carboxylic acid groups (broad SMARTS) is 1. The van der Waals surface area contributed by atoms with Gasteiger partial charge in [0.1, 0.15) is 5.41 Å². The van der Waals surface area contributed by atoms with Crippen LogP contribution in [0.15, 0.2) is 0 Å². The number of aliphatic carboxylic acids is 1. The molecule has 1 fully saturated rings. The zero-order valence-corrected chi connectivity index (χ0v) is 9.54. The van der Waals surface area contributed by atoms with Crippen LogP contribution in [0.4, 0.5) is 0 Å². The van der Waals surface area contributed by atoms with Gasteiger partial charge in [-0.25, -0.2) is 0 Å². The lowest BCUT2D eigenvalue weighted by Crippen LogP contribution is -2.46. The van der Waals surface area contributed by atoms with Crippen LogP contribution in [0.25, 0.3) is 0 Å². The van der Waals surface area contributed by atoms with Crippen LogP contribution in [0.1, 0.15) is 40.0 Å². The highest BCUT2D eigenvalue weighted by Crippen LogP contribution is 2.29. The third-order valence-corrected chi connectivity index (χ3v) is 2.70. The summed E-state index contributed by atoms with van der Waals surface area (Å²) in [7, 11) is 0. The highest BCUT2D eigenvalue weighted by molar-refractivity contribution is 6.01. The molecule has 1 unspecified atom stereocenters. The van der Waals surface area contributed by atoms with Gasteiger partial charge in [-0.2, -0.15) is 0 Å². The summed E-state index contributed by atoms with van der Waals surface area (Å²) < 4.78 is 0. The van der Waals surface area contributed by atoms with Gasteiger partial charge in [0.15, 0.2) is 0 Å². The summed E-state index contributed by atoms with van der Waals surface area (Å²) in [6, 6.07) is 0.211. The molecule has 1 saturated carbocycles. The molecule has 0 spiro atoms. The monoisotopic (exact) mass is 213 g/mol. The predicted molar refractivity (Wildman–Crippen MR) is 56.4 cm³/mol. The second-order valence-corrected chi connectivity index (χ2v) is 4.98. The van der Waals surface area contributed by atoms with Crippen molar-refractivity contribution in [1.29, 1.82) is 0 Å². The molecular formula is C11H19NO3. The molecule has 0 bridgehead atoms. The van der Waals surface area contributed by atoms with Crippen LogP contribution >= 0.6 is 0 Å². The molecule has 0 aromatic heterocycles. The summed E-state index contributed by atoms with van der Waals surface area (Å²) in [5.41, 5.74) is -1.28. The molecular weight excluding hydrogens is 194 g/mol. The van der Waals surface area contributed by atoms with E-state index in [2.05, 4.69) is 5.32 Å². The van der Waals surface area contributed by atoms with Crippen molar-refractivity contribution in [2.24, 2.45) is 11.3 Å². The largest absolute Gasteiger partial charge is 0.480 e. The van der Waals surface area contributed by atoms with Crippen LogP contribution in [-0.2, 0) is 9.59 Å². The summed E-state index contributed by atoms with van der Waals surface area (Å²) in [6.45, 7) is 5.35.